The summed E-state index contributed by atoms with van der Waals surface area (Å²) in [5, 5.41) is 3.91. The van der Waals surface area contributed by atoms with Crippen LogP contribution in [0.2, 0.25) is 0 Å². The minimum Gasteiger partial charge on any atom is -0.486 e. The van der Waals surface area contributed by atoms with Crippen LogP contribution in [0, 0.1) is 5.41 Å². The first-order valence-corrected chi connectivity index (χ1v) is 7.88. The molecule has 0 atom stereocenters. The molecule has 0 spiro atoms. The summed E-state index contributed by atoms with van der Waals surface area (Å²) in [4.78, 5) is 12.2. The molecule has 20 heavy (non-hydrogen) atoms. The van der Waals surface area contributed by atoms with Crippen LogP contribution in [0.1, 0.15) is 30.6 Å². The highest BCUT2D eigenvalue weighted by Crippen LogP contribution is 2.30. The molecular weight excluding hydrogens is 322 g/mol. The van der Waals surface area contributed by atoms with Crippen molar-refractivity contribution >= 4 is 21.8 Å². The molecule has 0 bridgehead atoms. The Bertz CT molecular complexity index is 488. The maximum absolute atomic E-state index is 12.2. The fourth-order valence-corrected chi connectivity index (χ4v) is 3.02. The van der Waals surface area contributed by atoms with Crippen molar-refractivity contribution in [2.75, 3.05) is 25.1 Å². The molecule has 0 saturated heterocycles. The van der Waals surface area contributed by atoms with Gasteiger partial charge in [0.15, 0.2) is 11.5 Å². The second-order valence-electron chi connectivity index (χ2n) is 5.64. The molecule has 0 aromatic heterocycles. The van der Waals surface area contributed by atoms with Gasteiger partial charge in [-0.05, 0) is 30.0 Å². The Morgan fingerprint density at radius 1 is 1.30 bits per heavy atom. The topological polar surface area (TPSA) is 47.6 Å². The number of fused-ring (bicyclic) bond motifs is 1. The lowest BCUT2D eigenvalue weighted by Crippen LogP contribution is -2.34. The van der Waals surface area contributed by atoms with Crippen molar-refractivity contribution in [3.05, 3.63) is 23.8 Å². The Balaban J connectivity index is 1.99. The van der Waals surface area contributed by atoms with E-state index in [1.165, 1.54) is 0 Å². The highest BCUT2D eigenvalue weighted by Gasteiger charge is 2.19. The smallest absolute Gasteiger partial charge is 0.251 e. The van der Waals surface area contributed by atoms with E-state index in [-0.39, 0.29) is 11.3 Å². The first-order chi connectivity index (χ1) is 9.52. The van der Waals surface area contributed by atoms with Crippen LogP contribution in [0.4, 0.5) is 0 Å². The minimum atomic E-state index is -0.0791. The van der Waals surface area contributed by atoms with E-state index in [0.29, 0.717) is 36.8 Å². The predicted octanol–water partition coefficient (Wildman–Crippen LogP) is 3.00. The van der Waals surface area contributed by atoms with Gasteiger partial charge in [0.25, 0.3) is 5.91 Å². The molecule has 1 heterocycles. The van der Waals surface area contributed by atoms with E-state index in [2.05, 4.69) is 35.1 Å². The van der Waals surface area contributed by atoms with Gasteiger partial charge in [0.1, 0.15) is 13.2 Å². The van der Waals surface area contributed by atoms with Gasteiger partial charge in [0.2, 0.25) is 0 Å². The lowest BCUT2D eigenvalue weighted by Gasteiger charge is -2.24. The number of carbonyl (C=O) groups is 1. The normalized spacial score (nSPS) is 13.9. The van der Waals surface area contributed by atoms with Crippen molar-refractivity contribution in [1.82, 2.24) is 5.32 Å². The first kappa shape index (κ1) is 15.2. The van der Waals surface area contributed by atoms with Gasteiger partial charge in [-0.25, -0.2) is 0 Å². The van der Waals surface area contributed by atoms with Crippen molar-refractivity contribution < 1.29 is 14.3 Å². The Labute approximate surface area is 128 Å². The second kappa shape index (κ2) is 6.48. The number of benzene rings is 1. The Morgan fingerprint density at radius 2 is 2.00 bits per heavy atom. The van der Waals surface area contributed by atoms with Crippen LogP contribution < -0.4 is 14.8 Å². The van der Waals surface area contributed by atoms with Crippen LogP contribution in [0.15, 0.2) is 18.2 Å². The zero-order chi connectivity index (χ0) is 14.6. The van der Waals surface area contributed by atoms with E-state index in [1.54, 1.807) is 18.2 Å². The molecule has 0 saturated carbocycles. The number of halogens is 1. The number of hydrogen-bond acceptors (Lipinski definition) is 3. The highest BCUT2D eigenvalue weighted by atomic mass is 79.9. The number of hydrogen-bond donors (Lipinski definition) is 1. The van der Waals surface area contributed by atoms with Crippen LogP contribution >= 0.6 is 15.9 Å². The summed E-state index contributed by atoms with van der Waals surface area (Å²) in [6.07, 6.45) is 1.01. The summed E-state index contributed by atoms with van der Waals surface area (Å²) in [6.45, 7) is 6.00. The van der Waals surface area contributed by atoms with E-state index in [0.717, 1.165) is 11.8 Å². The maximum atomic E-state index is 12.2. The van der Waals surface area contributed by atoms with Gasteiger partial charge in [-0.3, -0.25) is 4.79 Å². The van der Waals surface area contributed by atoms with Crippen molar-refractivity contribution in [3.63, 3.8) is 0 Å². The molecule has 1 aromatic carbocycles. The van der Waals surface area contributed by atoms with E-state index < -0.39 is 0 Å². The fraction of sp³-hybridized carbons (Fsp3) is 0.533. The standard InChI is InChI=1S/C15H20BrNO3/c1-15(2,5-6-16)10-17-14(18)11-3-4-12-13(9-11)20-8-7-19-12/h3-4,9H,5-8,10H2,1-2H3,(H,17,18). The number of ether oxygens (including phenoxy) is 2. The van der Waals surface area contributed by atoms with Gasteiger partial charge in [0, 0.05) is 17.4 Å². The molecule has 1 aliphatic rings. The van der Waals surface area contributed by atoms with Gasteiger partial charge < -0.3 is 14.8 Å². The van der Waals surface area contributed by atoms with Crippen molar-refractivity contribution in [1.29, 1.82) is 0 Å². The number of amides is 1. The Morgan fingerprint density at radius 3 is 2.70 bits per heavy atom. The molecule has 1 N–H and O–H groups in total. The highest BCUT2D eigenvalue weighted by molar-refractivity contribution is 9.09. The van der Waals surface area contributed by atoms with E-state index in [4.69, 9.17) is 9.47 Å². The monoisotopic (exact) mass is 341 g/mol. The largest absolute Gasteiger partial charge is 0.486 e. The van der Waals surface area contributed by atoms with Gasteiger partial charge in [-0.1, -0.05) is 29.8 Å². The summed E-state index contributed by atoms with van der Waals surface area (Å²) >= 11 is 3.44. The number of alkyl halides is 1. The zero-order valence-electron chi connectivity index (χ0n) is 11.9. The van der Waals surface area contributed by atoms with Gasteiger partial charge in [-0.15, -0.1) is 0 Å². The molecule has 0 aliphatic carbocycles. The van der Waals surface area contributed by atoms with E-state index in [1.807, 2.05) is 0 Å². The number of rotatable bonds is 5. The Kier molecular flexibility index (Phi) is 4.91. The molecule has 2 rings (SSSR count). The molecular formula is C15H20BrNO3. The minimum absolute atomic E-state index is 0.0764. The average molecular weight is 342 g/mol. The second-order valence-corrected chi connectivity index (χ2v) is 6.44. The molecule has 110 valence electrons. The molecule has 0 radical (unpaired) electrons. The summed E-state index contributed by atoms with van der Waals surface area (Å²) in [6, 6.07) is 5.29. The summed E-state index contributed by atoms with van der Waals surface area (Å²) in [5.74, 6) is 1.26. The molecule has 4 nitrogen and oxygen atoms in total. The van der Waals surface area contributed by atoms with Gasteiger partial charge in [-0.2, -0.15) is 0 Å². The summed E-state index contributed by atoms with van der Waals surface area (Å²) < 4.78 is 10.9. The predicted molar refractivity (Wildman–Crippen MR) is 82.0 cm³/mol. The zero-order valence-corrected chi connectivity index (χ0v) is 13.5. The molecule has 5 heteroatoms. The lowest BCUT2D eigenvalue weighted by atomic mass is 9.90. The van der Waals surface area contributed by atoms with Crippen molar-refractivity contribution in [2.45, 2.75) is 20.3 Å². The van der Waals surface area contributed by atoms with E-state index in [9.17, 15) is 4.79 Å². The third kappa shape index (κ3) is 3.88. The van der Waals surface area contributed by atoms with Gasteiger partial charge in [0.05, 0.1) is 0 Å². The quantitative estimate of drug-likeness (QED) is 0.837. The maximum Gasteiger partial charge on any atom is 0.251 e. The summed E-state index contributed by atoms with van der Waals surface area (Å²) in [7, 11) is 0. The fourth-order valence-electron chi connectivity index (χ4n) is 1.95. The van der Waals surface area contributed by atoms with Crippen molar-refractivity contribution in [3.8, 4) is 11.5 Å². The molecule has 0 unspecified atom stereocenters. The van der Waals surface area contributed by atoms with E-state index >= 15 is 0 Å². The van der Waals surface area contributed by atoms with Crippen molar-refractivity contribution in [2.24, 2.45) is 5.41 Å². The molecule has 1 aliphatic heterocycles. The Hall–Kier alpha value is -1.23. The molecule has 0 fully saturated rings. The van der Waals surface area contributed by atoms with Gasteiger partial charge >= 0.3 is 0 Å². The third-order valence-electron chi connectivity index (χ3n) is 3.30. The number of carbonyl (C=O) groups excluding carboxylic acids is 1. The SMILES string of the molecule is CC(C)(CCBr)CNC(=O)c1ccc2c(c1)OCCO2. The first-order valence-electron chi connectivity index (χ1n) is 6.76. The van der Waals surface area contributed by atoms with Crippen LogP contribution in [0.25, 0.3) is 0 Å². The molecule has 1 amide bonds. The van der Waals surface area contributed by atoms with Crippen LogP contribution in [0.5, 0.6) is 11.5 Å². The summed E-state index contributed by atoms with van der Waals surface area (Å²) in [5.41, 5.74) is 0.677. The lowest BCUT2D eigenvalue weighted by molar-refractivity contribution is 0.0934. The average Bonchev–Trinajstić information content (AvgIpc) is 2.44. The third-order valence-corrected chi connectivity index (χ3v) is 3.70. The van der Waals surface area contributed by atoms with Crippen LogP contribution in [-0.2, 0) is 0 Å². The molecule has 1 aromatic rings. The number of nitrogens with one attached hydrogen (secondary N) is 1. The van der Waals surface area contributed by atoms with Crippen LogP contribution in [-0.4, -0.2) is 31.0 Å². The van der Waals surface area contributed by atoms with Crippen LogP contribution in [0.3, 0.4) is 0 Å².